The van der Waals surface area contributed by atoms with Crippen molar-refractivity contribution in [3.05, 3.63) is 53.6 Å². The number of hydrogen-bond acceptors (Lipinski definition) is 5. The van der Waals surface area contributed by atoms with Crippen LogP contribution in [0.1, 0.15) is 49.0 Å². The van der Waals surface area contributed by atoms with Gasteiger partial charge in [0.2, 0.25) is 0 Å². The van der Waals surface area contributed by atoms with Gasteiger partial charge in [0, 0.05) is 5.69 Å². The topological polar surface area (TPSA) is 73.9 Å². The Balaban J connectivity index is 2.15. The maximum Gasteiger partial charge on any atom is 0.346 e. The van der Waals surface area contributed by atoms with Gasteiger partial charge in [-0.2, -0.15) is 0 Å². The maximum atomic E-state index is 12.6. The average molecular weight is 385 g/mol. The lowest BCUT2D eigenvalue weighted by molar-refractivity contribution is -0.123. The van der Waals surface area contributed by atoms with Gasteiger partial charge in [-0.05, 0) is 43.0 Å². The fourth-order valence-electron chi connectivity index (χ4n) is 2.82. The average Bonchev–Trinajstić information content (AvgIpc) is 2.72. The van der Waals surface area contributed by atoms with E-state index in [9.17, 15) is 9.59 Å². The van der Waals surface area contributed by atoms with Crippen molar-refractivity contribution in [2.24, 2.45) is 0 Å². The highest BCUT2D eigenvalue weighted by molar-refractivity contribution is 6.00. The molecule has 0 aliphatic rings. The zero-order valence-electron chi connectivity index (χ0n) is 16.9. The number of carbonyl (C=O) groups is 2. The van der Waals surface area contributed by atoms with Crippen LogP contribution in [0.15, 0.2) is 42.5 Å². The standard InChI is InChI=1S/C22H27NO5/c1-6-14(2)16-10-7-8-11-17(16)23-21(24)15(3)28-22(25)20-18(26-4)12-9-13-19(20)27-5/h7-15H,6H2,1-5H3,(H,23,24)/t14-,15+/m0/s1. The van der Waals surface area contributed by atoms with E-state index in [-0.39, 0.29) is 5.56 Å². The highest BCUT2D eigenvalue weighted by Crippen LogP contribution is 2.30. The summed E-state index contributed by atoms with van der Waals surface area (Å²) in [5.41, 5.74) is 1.91. The molecular weight excluding hydrogens is 358 g/mol. The first-order valence-corrected chi connectivity index (χ1v) is 9.24. The van der Waals surface area contributed by atoms with Gasteiger partial charge in [0.15, 0.2) is 6.10 Å². The lowest BCUT2D eigenvalue weighted by Gasteiger charge is -2.19. The SMILES string of the molecule is CC[C@H](C)c1ccccc1NC(=O)[C@@H](C)OC(=O)c1c(OC)cccc1OC. The van der Waals surface area contributed by atoms with Gasteiger partial charge in [0.05, 0.1) is 14.2 Å². The van der Waals surface area contributed by atoms with Gasteiger partial charge in [-0.25, -0.2) is 4.79 Å². The van der Waals surface area contributed by atoms with E-state index in [1.807, 2.05) is 24.3 Å². The minimum absolute atomic E-state index is 0.146. The van der Waals surface area contributed by atoms with E-state index in [2.05, 4.69) is 19.2 Å². The van der Waals surface area contributed by atoms with E-state index >= 15 is 0 Å². The fourth-order valence-corrected chi connectivity index (χ4v) is 2.82. The zero-order chi connectivity index (χ0) is 20.7. The first kappa shape index (κ1) is 21.3. The van der Waals surface area contributed by atoms with Crippen LogP contribution in [0.2, 0.25) is 0 Å². The number of hydrogen-bond donors (Lipinski definition) is 1. The molecule has 0 saturated heterocycles. The number of para-hydroxylation sites is 1. The molecule has 1 N–H and O–H groups in total. The number of anilines is 1. The van der Waals surface area contributed by atoms with Crippen molar-refractivity contribution in [2.75, 3.05) is 19.5 Å². The van der Waals surface area contributed by atoms with Gasteiger partial charge in [0.25, 0.3) is 5.91 Å². The molecule has 0 saturated carbocycles. The minimum Gasteiger partial charge on any atom is -0.496 e. The first-order chi connectivity index (χ1) is 13.4. The number of rotatable bonds is 8. The van der Waals surface area contributed by atoms with Crippen LogP contribution in [0.25, 0.3) is 0 Å². The second-order valence-electron chi connectivity index (χ2n) is 6.47. The van der Waals surface area contributed by atoms with Crippen LogP contribution in [0, 0.1) is 0 Å². The molecule has 2 aromatic rings. The third-order valence-corrected chi connectivity index (χ3v) is 4.65. The summed E-state index contributed by atoms with van der Waals surface area (Å²) >= 11 is 0. The molecule has 0 fully saturated rings. The van der Waals surface area contributed by atoms with Crippen molar-refractivity contribution < 1.29 is 23.8 Å². The summed E-state index contributed by atoms with van der Waals surface area (Å²) in [7, 11) is 2.90. The van der Waals surface area contributed by atoms with E-state index in [1.54, 1.807) is 18.2 Å². The Bertz CT molecular complexity index is 811. The quantitative estimate of drug-likeness (QED) is 0.682. The lowest BCUT2D eigenvalue weighted by atomic mass is 9.97. The Labute approximate surface area is 165 Å². The molecule has 0 aromatic heterocycles. The largest absolute Gasteiger partial charge is 0.496 e. The molecule has 6 nitrogen and oxygen atoms in total. The monoisotopic (exact) mass is 385 g/mol. The predicted molar refractivity (Wildman–Crippen MR) is 108 cm³/mol. The molecule has 0 aliphatic heterocycles. The molecule has 0 bridgehead atoms. The molecule has 0 aliphatic carbocycles. The first-order valence-electron chi connectivity index (χ1n) is 9.24. The third-order valence-electron chi connectivity index (χ3n) is 4.65. The van der Waals surface area contributed by atoms with Crippen molar-refractivity contribution in [1.29, 1.82) is 0 Å². The Morgan fingerprint density at radius 3 is 2.14 bits per heavy atom. The normalized spacial score (nSPS) is 12.6. The van der Waals surface area contributed by atoms with Crippen LogP contribution >= 0.6 is 0 Å². The molecular formula is C22H27NO5. The van der Waals surface area contributed by atoms with E-state index in [0.717, 1.165) is 17.7 Å². The number of nitrogens with one attached hydrogen (secondary N) is 1. The van der Waals surface area contributed by atoms with E-state index in [1.165, 1.54) is 21.1 Å². The summed E-state index contributed by atoms with van der Waals surface area (Å²) < 4.78 is 15.8. The van der Waals surface area contributed by atoms with Gasteiger partial charge in [-0.1, -0.05) is 38.1 Å². The molecule has 2 atom stereocenters. The third kappa shape index (κ3) is 4.82. The Hall–Kier alpha value is -3.02. The molecule has 150 valence electrons. The number of esters is 1. The van der Waals surface area contributed by atoms with E-state index in [4.69, 9.17) is 14.2 Å². The van der Waals surface area contributed by atoms with E-state index < -0.39 is 18.0 Å². The molecule has 0 heterocycles. The molecule has 28 heavy (non-hydrogen) atoms. The van der Waals surface area contributed by atoms with Gasteiger partial charge in [-0.15, -0.1) is 0 Å². The highest BCUT2D eigenvalue weighted by Gasteiger charge is 2.25. The number of carbonyl (C=O) groups excluding carboxylic acids is 2. The number of amides is 1. The summed E-state index contributed by atoms with van der Waals surface area (Å²) in [6, 6.07) is 12.6. The van der Waals surface area contributed by atoms with Crippen molar-refractivity contribution in [3.63, 3.8) is 0 Å². The van der Waals surface area contributed by atoms with Crippen LogP contribution < -0.4 is 14.8 Å². The Kier molecular flexibility index (Phi) is 7.44. The van der Waals surface area contributed by atoms with E-state index in [0.29, 0.717) is 17.4 Å². The van der Waals surface area contributed by atoms with Gasteiger partial charge >= 0.3 is 5.97 Å². The zero-order valence-corrected chi connectivity index (χ0v) is 16.9. The van der Waals surface area contributed by atoms with Gasteiger partial charge in [-0.3, -0.25) is 4.79 Å². The summed E-state index contributed by atoms with van der Waals surface area (Å²) in [5.74, 6) is -0.157. The van der Waals surface area contributed by atoms with Gasteiger partial charge in [0.1, 0.15) is 17.1 Å². The number of benzene rings is 2. The number of methoxy groups -OCH3 is 2. The van der Waals surface area contributed by atoms with Crippen molar-refractivity contribution >= 4 is 17.6 Å². The number of ether oxygens (including phenoxy) is 3. The Morgan fingerprint density at radius 2 is 1.57 bits per heavy atom. The smallest absolute Gasteiger partial charge is 0.346 e. The molecule has 0 spiro atoms. The summed E-state index contributed by atoms with van der Waals surface area (Å²) in [6.45, 7) is 5.72. The van der Waals surface area contributed by atoms with Crippen LogP contribution in [0.4, 0.5) is 5.69 Å². The predicted octanol–water partition coefficient (Wildman–Crippen LogP) is 4.40. The van der Waals surface area contributed by atoms with Crippen molar-refractivity contribution in [2.45, 2.75) is 39.2 Å². The second-order valence-corrected chi connectivity index (χ2v) is 6.47. The lowest BCUT2D eigenvalue weighted by Crippen LogP contribution is -2.30. The van der Waals surface area contributed by atoms with Crippen LogP contribution in [0.5, 0.6) is 11.5 Å². The molecule has 0 radical (unpaired) electrons. The van der Waals surface area contributed by atoms with Crippen LogP contribution in [0.3, 0.4) is 0 Å². The van der Waals surface area contributed by atoms with Gasteiger partial charge < -0.3 is 19.5 Å². The molecule has 2 rings (SSSR count). The van der Waals surface area contributed by atoms with Crippen molar-refractivity contribution in [3.8, 4) is 11.5 Å². The van der Waals surface area contributed by atoms with Crippen molar-refractivity contribution in [1.82, 2.24) is 0 Å². The molecule has 1 amide bonds. The minimum atomic E-state index is -0.993. The molecule has 2 aromatic carbocycles. The molecule has 6 heteroatoms. The Morgan fingerprint density at radius 1 is 0.964 bits per heavy atom. The summed E-state index contributed by atoms with van der Waals surface area (Å²) in [5, 5.41) is 2.86. The van der Waals surface area contributed by atoms with Crippen LogP contribution in [-0.2, 0) is 9.53 Å². The molecule has 0 unspecified atom stereocenters. The summed E-state index contributed by atoms with van der Waals surface area (Å²) in [4.78, 5) is 25.2. The highest BCUT2D eigenvalue weighted by atomic mass is 16.6. The maximum absolute atomic E-state index is 12.6. The van der Waals surface area contributed by atoms with Crippen LogP contribution in [-0.4, -0.2) is 32.2 Å². The second kappa shape index (κ2) is 9.78. The fraction of sp³-hybridized carbons (Fsp3) is 0.364. The summed E-state index contributed by atoms with van der Waals surface area (Å²) in [6.07, 6.45) is -0.0440.